The molecule has 4 rings (SSSR count). The third kappa shape index (κ3) is 5.07. The highest BCUT2D eigenvalue weighted by Crippen LogP contribution is 2.23. The van der Waals surface area contributed by atoms with E-state index in [4.69, 9.17) is 9.47 Å². The second-order valence-electron chi connectivity index (χ2n) is 7.09. The second kappa shape index (κ2) is 8.99. The van der Waals surface area contributed by atoms with Crippen molar-refractivity contribution in [1.82, 2.24) is 15.0 Å². The molecule has 1 saturated heterocycles. The lowest BCUT2D eigenvalue weighted by Crippen LogP contribution is -2.36. The van der Waals surface area contributed by atoms with Crippen LogP contribution in [0, 0.1) is 0 Å². The van der Waals surface area contributed by atoms with Crippen LogP contribution in [0.4, 0.5) is 11.6 Å². The van der Waals surface area contributed by atoms with Crippen molar-refractivity contribution in [3.8, 4) is 5.88 Å². The minimum Gasteiger partial charge on any atom is -0.474 e. The Bertz CT molecular complexity index is 730. The van der Waals surface area contributed by atoms with Gasteiger partial charge in [0.1, 0.15) is 24.1 Å². The summed E-state index contributed by atoms with van der Waals surface area (Å²) in [4.78, 5) is 15.3. The van der Waals surface area contributed by atoms with Crippen LogP contribution in [-0.2, 0) is 11.3 Å². The molecule has 0 atom stereocenters. The molecule has 7 nitrogen and oxygen atoms in total. The first kappa shape index (κ1) is 18.0. The normalized spacial score (nSPS) is 18.3. The zero-order valence-corrected chi connectivity index (χ0v) is 15.6. The molecule has 0 bridgehead atoms. The molecule has 2 aliphatic rings. The van der Waals surface area contributed by atoms with E-state index in [9.17, 15) is 0 Å². The van der Waals surface area contributed by atoms with E-state index in [0.29, 0.717) is 12.6 Å². The predicted molar refractivity (Wildman–Crippen MR) is 104 cm³/mol. The minimum atomic E-state index is 0.312. The van der Waals surface area contributed by atoms with Gasteiger partial charge in [0.15, 0.2) is 0 Å². The molecule has 7 heteroatoms. The number of rotatable bonds is 6. The van der Waals surface area contributed by atoms with E-state index in [0.717, 1.165) is 62.2 Å². The van der Waals surface area contributed by atoms with Gasteiger partial charge in [0, 0.05) is 38.0 Å². The van der Waals surface area contributed by atoms with Crippen molar-refractivity contribution in [2.45, 2.75) is 44.8 Å². The third-order valence-electron chi connectivity index (χ3n) is 5.10. The van der Waals surface area contributed by atoms with Crippen molar-refractivity contribution in [3.63, 3.8) is 0 Å². The van der Waals surface area contributed by atoms with Crippen LogP contribution >= 0.6 is 0 Å². The van der Waals surface area contributed by atoms with Crippen molar-refractivity contribution in [2.24, 2.45) is 0 Å². The van der Waals surface area contributed by atoms with E-state index in [1.54, 1.807) is 6.33 Å². The van der Waals surface area contributed by atoms with Crippen molar-refractivity contribution >= 4 is 11.6 Å². The van der Waals surface area contributed by atoms with Crippen LogP contribution < -0.4 is 15.0 Å². The van der Waals surface area contributed by atoms with Gasteiger partial charge in [-0.1, -0.05) is 6.42 Å². The molecule has 0 spiro atoms. The van der Waals surface area contributed by atoms with Crippen LogP contribution in [0.15, 0.2) is 30.7 Å². The number of hydrogen-bond donors (Lipinski definition) is 1. The molecular formula is C20H27N5O2. The van der Waals surface area contributed by atoms with E-state index >= 15 is 0 Å². The number of nitrogens with zero attached hydrogens (tertiary/aromatic N) is 4. The maximum atomic E-state index is 6.06. The Balaban J connectivity index is 1.35. The Morgan fingerprint density at radius 3 is 2.78 bits per heavy atom. The van der Waals surface area contributed by atoms with Gasteiger partial charge in [0.25, 0.3) is 0 Å². The molecule has 2 aromatic rings. The van der Waals surface area contributed by atoms with Crippen LogP contribution in [0.2, 0.25) is 0 Å². The Kier molecular flexibility index (Phi) is 5.99. The Labute approximate surface area is 160 Å². The van der Waals surface area contributed by atoms with Crippen LogP contribution in [0.1, 0.15) is 37.7 Å². The molecule has 1 aliphatic heterocycles. The molecule has 2 aromatic heterocycles. The summed E-state index contributed by atoms with van der Waals surface area (Å²) in [6, 6.07) is 6.02. The van der Waals surface area contributed by atoms with Gasteiger partial charge in [-0.15, -0.1) is 0 Å². The van der Waals surface area contributed by atoms with Crippen LogP contribution in [0.25, 0.3) is 0 Å². The molecule has 0 radical (unpaired) electrons. The first-order chi connectivity index (χ1) is 13.4. The van der Waals surface area contributed by atoms with Gasteiger partial charge in [0.05, 0.1) is 13.2 Å². The zero-order chi connectivity index (χ0) is 18.3. The van der Waals surface area contributed by atoms with Crippen molar-refractivity contribution in [1.29, 1.82) is 0 Å². The number of nitrogens with one attached hydrogen (secondary N) is 1. The summed E-state index contributed by atoms with van der Waals surface area (Å²) in [5.74, 6) is 2.47. The van der Waals surface area contributed by atoms with E-state index < -0.39 is 0 Å². The lowest BCUT2D eigenvalue weighted by atomic mass is 9.98. The number of hydrogen-bond acceptors (Lipinski definition) is 7. The van der Waals surface area contributed by atoms with Gasteiger partial charge in [-0.05, 0) is 37.3 Å². The Hall–Kier alpha value is -2.41. The van der Waals surface area contributed by atoms with Crippen LogP contribution in [-0.4, -0.2) is 47.4 Å². The smallest absolute Gasteiger partial charge is 0.213 e. The molecule has 1 aliphatic carbocycles. The van der Waals surface area contributed by atoms with Crippen molar-refractivity contribution in [2.75, 3.05) is 36.5 Å². The summed E-state index contributed by atoms with van der Waals surface area (Å²) in [6.07, 6.45) is 9.84. The standard InChI is InChI=1S/C20H27N5O2/c1-2-4-17(5-3-1)27-20-12-16(6-7-21-20)14-22-18-13-19(24-15-23-18)25-8-10-26-11-9-25/h6-7,12-13,15,17H,1-5,8-11,14H2,(H,22,23,24). The summed E-state index contributed by atoms with van der Waals surface area (Å²) in [5, 5.41) is 3.38. The molecule has 3 heterocycles. The van der Waals surface area contributed by atoms with E-state index in [1.807, 2.05) is 24.4 Å². The van der Waals surface area contributed by atoms with Gasteiger partial charge in [-0.2, -0.15) is 0 Å². The number of pyridine rings is 1. The fourth-order valence-corrected chi connectivity index (χ4v) is 3.58. The second-order valence-corrected chi connectivity index (χ2v) is 7.09. The highest BCUT2D eigenvalue weighted by atomic mass is 16.5. The first-order valence-corrected chi connectivity index (χ1v) is 9.87. The summed E-state index contributed by atoms with van der Waals surface area (Å²) in [6.45, 7) is 3.88. The van der Waals surface area contributed by atoms with Gasteiger partial charge < -0.3 is 19.7 Å². The molecule has 1 N–H and O–H groups in total. The van der Waals surface area contributed by atoms with Gasteiger partial charge in [0.2, 0.25) is 5.88 Å². The fourth-order valence-electron chi connectivity index (χ4n) is 3.58. The molecule has 0 amide bonds. The average Bonchev–Trinajstić information content (AvgIpc) is 2.74. The number of anilines is 2. The topological polar surface area (TPSA) is 72.4 Å². The monoisotopic (exact) mass is 369 g/mol. The number of aromatic nitrogens is 3. The van der Waals surface area contributed by atoms with E-state index in [-0.39, 0.29) is 0 Å². The highest BCUT2D eigenvalue weighted by Gasteiger charge is 2.16. The summed E-state index contributed by atoms with van der Waals surface area (Å²) in [5.41, 5.74) is 1.13. The van der Waals surface area contributed by atoms with Gasteiger partial charge in [-0.3, -0.25) is 0 Å². The molecule has 144 valence electrons. The number of ether oxygens (including phenoxy) is 2. The molecular weight excluding hydrogens is 342 g/mol. The molecule has 27 heavy (non-hydrogen) atoms. The van der Waals surface area contributed by atoms with E-state index in [1.165, 1.54) is 19.3 Å². The largest absolute Gasteiger partial charge is 0.474 e. The third-order valence-corrected chi connectivity index (χ3v) is 5.10. The quantitative estimate of drug-likeness (QED) is 0.839. The van der Waals surface area contributed by atoms with E-state index in [2.05, 4.69) is 25.2 Å². The Morgan fingerprint density at radius 2 is 1.93 bits per heavy atom. The minimum absolute atomic E-state index is 0.312. The first-order valence-electron chi connectivity index (χ1n) is 9.87. The SMILES string of the molecule is c1cc(CNc2cc(N3CCOCC3)ncn2)cc(OC2CCCCC2)n1. The number of morpholine rings is 1. The van der Waals surface area contributed by atoms with Crippen molar-refractivity contribution < 1.29 is 9.47 Å². The summed E-state index contributed by atoms with van der Waals surface area (Å²) >= 11 is 0. The summed E-state index contributed by atoms with van der Waals surface area (Å²) in [7, 11) is 0. The lowest BCUT2D eigenvalue weighted by Gasteiger charge is -2.27. The highest BCUT2D eigenvalue weighted by molar-refractivity contribution is 5.49. The molecule has 1 saturated carbocycles. The molecule has 2 fully saturated rings. The maximum absolute atomic E-state index is 6.06. The van der Waals surface area contributed by atoms with Gasteiger partial charge in [-0.25, -0.2) is 15.0 Å². The molecule has 0 unspecified atom stereocenters. The van der Waals surface area contributed by atoms with Gasteiger partial charge >= 0.3 is 0 Å². The predicted octanol–water partition coefficient (Wildman–Crippen LogP) is 3.03. The van der Waals surface area contributed by atoms with Crippen LogP contribution in [0.3, 0.4) is 0 Å². The average molecular weight is 369 g/mol. The van der Waals surface area contributed by atoms with Crippen molar-refractivity contribution in [3.05, 3.63) is 36.3 Å². The zero-order valence-electron chi connectivity index (χ0n) is 15.6. The fraction of sp³-hybridized carbons (Fsp3) is 0.550. The maximum Gasteiger partial charge on any atom is 0.213 e. The van der Waals surface area contributed by atoms with Crippen LogP contribution in [0.5, 0.6) is 5.88 Å². The lowest BCUT2D eigenvalue weighted by molar-refractivity contribution is 0.122. The molecule has 0 aromatic carbocycles. The summed E-state index contributed by atoms with van der Waals surface area (Å²) < 4.78 is 11.5. The Morgan fingerprint density at radius 1 is 1.07 bits per heavy atom.